The molecule has 2 aromatic carbocycles. The summed E-state index contributed by atoms with van der Waals surface area (Å²) in [6, 6.07) is 16.2. The van der Waals surface area contributed by atoms with Crippen molar-refractivity contribution in [2.75, 3.05) is 11.9 Å². The first-order chi connectivity index (χ1) is 10.2. The van der Waals surface area contributed by atoms with Crippen LogP contribution in [0.4, 0.5) is 4.39 Å². The van der Waals surface area contributed by atoms with Gasteiger partial charge in [-0.05, 0) is 17.2 Å². The van der Waals surface area contributed by atoms with E-state index in [0.29, 0.717) is 24.0 Å². The van der Waals surface area contributed by atoms with E-state index in [1.807, 2.05) is 30.3 Å². The molecule has 0 bridgehead atoms. The van der Waals surface area contributed by atoms with Crippen molar-refractivity contribution in [2.24, 2.45) is 0 Å². The Morgan fingerprint density at radius 1 is 1.05 bits per heavy atom. The highest BCUT2D eigenvalue weighted by Crippen LogP contribution is 2.11. The van der Waals surface area contributed by atoms with Crippen LogP contribution in [0.5, 0.6) is 0 Å². The average Bonchev–Trinajstić information content (AvgIpc) is 2.50. The molecule has 0 saturated heterocycles. The van der Waals surface area contributed by atoms with E-state index in [1.54, 1.807) is 23.1 Å². The van der Waals surface area contributed by atoms with Gasteiger partial charge in [-0.3, -0.25) is 4.79 Å². The van der Waals surface area contributed by atoms with E-state index in [0.717, 1.165) is 5.56 Å². The second kappa shape index (κ2) is 7.93. The maximum atomic E-state index is 13.6. The van der Waals surface area contributed by atoms with E-state index in [1.165, 1.54) is 6.07 Å². The van der Waals surface area contributed by atoms with Crippen LogP contribution in [0.1, 0.15) is 11.1 Å². The van der Waals surface area contributed by atoms with E-state index < -0.39 is 0 Å². The molecule has 2 rings (SSSR count). The van der Waals surface area contributed by atoms with Crippen LogP contribution < -0.4 is 0 Å². The van der Waals surface area contributed by atoms with E-state index in [4.69, 9.17) is 0 Å². The van der Waals surface area contributed by atoms with Gasteiger partial charge in [-0.15, -0.1) is 0 Å². The van der Waals surface area contributed by atoms with Gasteiger partial charge >= 0.3 is 0 Å². The zero-order chi connectivity index (χ0) is 15.1. The number of amides is 1. The van der Waals surface area contributed by atoms with Crippen LogP contribution in [-0.2, 0) is 17.8 Å². The Kier molecular flexibility index (Phi) is 5.93. The summed E-state index contributed by atoms with van der Waals surface area (Å²) in [5, 5.41) is 0.697. The molecule has 0 radical (unpaired) electrons. The third-order valence-corrected chi connectivity index (χ3v) is 3.58. The Morgan fingerprint density at radius 3 is 2.38 bits per heavy atom. The average molecular weight is 350 g/mol. The van der Waals surface area contributed by atoms with Gasteiger partial charge in [0.05, 0.1) is 6.42 Å². The molecule has 0 N–H and O–H groups in total. The van der Waals surface area contributed by atoms with Crippen molar-refractivity contribution in [3.8, 4) is 0 Å². The summed E-state index contributed by atoms with van der Waals surface area (Å²) in [6.07, 6.45) is 0.0898. The van der Waals surface area contributed by atoms with Crippen molar-refractivity contribution in [3.05, 3.63) is 71.5 Å². The first-order valence-corrected chi connectivity index (χ1v) is 7.94. The monoisotopic (exact) mass is 349 g/mol. The molecule has 21 heavy (non-hydrogen) atoms. The zero-order valence-electron chi connectivity index (χ0n) is 11.6. The molecule has 0 saturated carbocycles. The summed E-state index contributed by atoms with van der Waals surface area (Å²) in [6.45, 7) is 1.14. The Bertz CT molecular complexity index is 588. The number of nitrogens with zero attached hydrogens (tertiary/aromatic N) is 1. The number of benzene rings is 2. The second-order valence-electron chi connectivity index (χ2n) is 4.76. The molecule has 0 aliphatic carbocycles. The van der Waals surface area contributed by atoms with E-state index in [-0.39, 0.29) is 18.1 Å². The Hall–Kier alpha value is -1.68. The molecule has 0 atom stereocenters. The highest BCUT2D eigenvalue weighted by Gasteiger charge is 2.15. The normalized spacial score (nSPS) is 10.4. The molecule has 2 nitrogen and oxygen atoms in total. The largest absolute Gasteiger partial charge is 0.337 e. The fourth-order valence-electron chi connectivity index (χ4n) is 2.11. The topological polar surface area (TPSA) is 20.3 Å². The number of alkyl halides is 1. The smallest absolute Gasteiger partial charge is 0.227 e. The van der Waals surface area contributed by atoms with Crippen LogP contribution in [-0.4, -0.2) is 22.7 Å². The fraction of sp³-hybridized carbons (Fsp3) is 0.235. The molecule has 110 valence electrons. The molecule has 0 aliphatic heterocycles. The van der Waals surface area contributed by atoms with Gasteiger partial charge in [-0.1, -0.05) is 64.5 Å². The quantitative estimate of drug-likeness (QED) is 0.726. The lowest BCUT2D eigenvalue weighted by molar-refractivity contribution is -0.130. The third-order valence-electron chi connectivity index (χ3n) is 3.22. The van der Waals surface area contributed by atoms with E-state index in [9.17, 15) is 9.18 Å². The molecule has 0 fully saturated rings. The van der Waals surface area contributed by atoms with Crippen LogP contribution in [0, 0.1) is 5.82 Å². The number of carbonyl (C=O) groups excluding carboxylic acids is 1. The van der Waals surface area contributed by atoms with Crippen molar-refractivity contribution in [3.63, 3.8) is 0 Å². The highest BCUT2D eigenvalue weighted by atomic mass is 79.9. The van der Waals surface area contributed by atoms with Crippen LogP contribution in [0.15, 0.2) is 54.6 Å². The summed E-state index contributed by atoms with van der Waals surface area (Å²) in [5.41, 5.74) is 1.51. The van der Waals surface area contributed by atoms with Crippen LogP contribution in [0.3, 0.4) is 0 Å². The number of hydrogen-bond acceptors (Lipinski definition) is 1. The van der Waals surface area contributed by atoms with E-state index in [2.05, 4.69) is 15.9 Å². The van der Waals surface area contributed by atoms with Crippen molar-refractivity contribution in [1.29, 1.82) is 0 Å². The molecule has 2 aromatic rings. The van der Waals surface area contributed by atoms with Gasteiger partial charge in [0.15, 0.2) is 0 Å². The number of rotatable bonds is 6. The summed E-state index contributed by atoms with van der Waals surface area (Å²) >= 11 is 3.36. The second-order valence-corrected chi connectivity index (χ2v) is 5.55. The van der Waals surface area contributed by atoms with Crippen molar-refractivity contribution < 1.29 is 9.18 Å². The number of carbonyl (C=O) groups is 1. The molecular formula is C17H17BrFNO. The minimum atomic E-state index is -0.329. The van der Waals surface area contributed by atoms with Gasteiger partial charge in [0.1, 0.15) is 5.82 Å². The van der Waals surface area contributed by atoms with Crippen molar-refractivity contribution >= 4 is 21.8 Å². The minimum absolute atomic E-state index is 0.0663. The Balaban J connectivity index is 2.07. The fourth-order valence-corrected chi connectivity index (χ4v) is 2.54. The van der Waals surface area contributed by atoms with Gasteiger partial charge < -0.3 is 4.90 Å². The van der Waals surface area contributed by atoms with Gasteiger partial charge in [0.2, 0.25) is 5.91 Å². The lowest BCUT2D eigenvalue weighted by Crippen LogP contribution is -2.33. The Labute approximate surface area is 132 Å². The third kappa shape index (κ3) is 4.67. The predicted molar refractivity (Wildman–Crippen MR) is 85.8 cm³/mol. The standard InChI is InChI=1S/C17H17BrFNO/c18-10-11-20(13-14-6-2-1-3-7-14)17(21)12-15-8-4-5-9-16(15)19/h1-9H,10-13H2. The molecule has 1 amide bonds. The molecule has 0 unspecified atom stereocenters. The first kappa shape index (κ1) is 15.7. The first-order valence-electron chi connectivity index (χ1n) is 6.82. The number of halogens is 2. The molecule has 0 spiro atoms. The SMILES string of the molecule is O=C(Cc1ccccc1F)N(CCBr)Cc1ccccc1. The van der Waals surface area contributed by atoms with Gasteiger partial charge in [-0.25, -0.2) is 4.39 Å². The van der Waals surface area contributed by atoms with Gasteiger partial charge in [0, 0.05) is 18.4 Å². The predicted octanol–water partition coefficient (Wildman–Crippen LogP) is 3.79. The molecular weight excluding hydrogens is 333 g/mol. The van der Waals surface area contributed by atoms with Crippen molar-refractivity contribution in [2.45, 2.75) is 13.0 Å². The summed E-state index contributed by atoms with van der Waals surface area (Å²) in [7, 11) is 0. The summed E-state index contributed by atoms with van der Waals surface area (Å²) in [4.78, 5) is 14.1. The van der Waals surface area contributed by atoms with Crippen LogP contribution in [0.2, 0.25) is 0 Å². The number of hydrogen-bond donors (Lipinski definition) is 0. The van der Waals surface area contributed by atoms with Gasteiger partial charge in [0.25, 0.3) is 0 Å². The zero-order valence-corrected chi connectivity index (χ0v) is 13.2. The lowest BCUT2D eigenvalue weighted by atomic mass is 10.1. The highest BCUT2D eigenvalue weighted by molar-refractivity contribution is 9.09. The Morgan fingerprint density at radius 2 is 1.71 bits per heavy atom. The molecule has 4 heteroatoms. The maximum Gasteiger partial charge on any atom is 0.227 e. The molecule has 0 aromatic heterocycles. The van der Waals surface area contributed by atoms with Crippen LogP contribution >= 0.6 is 15.9 Å². The minimum Gasteiger partial charge on any atom is -0.337 e. The van der Waals surface area contributed by atoms with Crippen molar-refractivity contribution in [1.82, 2.24) is 4.90 Å². The lowest BCUT2D eigenvalue weighted by Gasteiger charge is -2.22. The molecule has 0 heterocycles. The van der Waals surface area contributed by atoms with E-state index >= 15 is 0 Å². The summed E-state index contributed by atoms with van der Waals surface area (Å²) < 4.78 is 13.6. The molecule has 0 aliphatic rings. The summed E-state index contributed by atoms with van der Waals surface area (Å²) in [5.74, 6) is -0.396. The maximum absolute atomic E-state index is 13.6. The van der Waals surface area contributed by atoms with Gasteiger partial charge in [-0.2, -0.15) is 0 Å². The van der Waals surface area contributed by atoms with Crippen LogP contribution in [0.25, 0.3) is 0 Å².